The van der Waals surface area contributed by atoms with Gasteiger partial charge in [0.15, 0.2) is 0 Å². The molecule has 0 aliphatic heterocycles. The Morgan fingerprint density at radius 1 is 1.22 bits per heavy atom. The van der Waals surface area contributed by atoms with Gasteiger partial charge in [-0.3, -0.25) is 0 Å². The third-order valence-electron chi connectivity index (χ3n) is 2.38. The van der Waals surface area contributed by atoms with Crippen LogP contribution >= 0.6 is 0 Å². The van der Waals surface area contributed by atoms with Crippen molar-refractivity contribution >= 4 is 11.5 Å². The summed E-state index contributed by atoms with van der Waals surface area (Å²) in [5, 5.41) is 12.0. The van der Waals surface area contributed by atoms with Crippen molar-refractivity contribution in [1.29, 1.82) is 5.26 Å². The van der Waals surface area contributed by atoms with E-state index in [-0.39, 0.29) is 0 Å². The molecule has 0 unspecified atom stereocenters. The standard InChI is InChI=1S/C15H11N3/c1-3-12-5-4-6-14(8-12)18-15-9-13(10-16)7-11(2)17-15/h1,4-9H,2H3,(H,17,18). The van der Waals surface area contributed by atoms with Gasteiger partial charge in [-0.1, -0.05) is 12.0 Å². The van der Waals surface area contributed by atoms with E-state index in [4.69, 9.17) is 11.7 Å². The van der Waals surface area contributed by atoms with Crippen LogP contribution in [0.15, 0.2) is 36.4 Å². The predicted molar refractivity (Wildman–Crippen MR) is 71.3 cm³/mol. The average molecular weight is 233 g/mol. The summed E-state index contributed by atoms with van der Waals surface area (Å²) in [6, 6.07) is 13.0. The molecule has 0 atom stereocenters. The molecule has 86 valence electrons. The number of nitriles is 1. The van der Waals surface area contributed by atoms with E-state index in [0.29, 0.717) is 11.4 Å². The smallest absolute Gasteiger partial charge is 0.131 e. The molecule has 1 aromatic carbocycles. The second kappa shape index (κ2) is 5.03. The molecule has 1 N–H and O–H groups in total. The first kappa shape index (κ1) is 11.7. The summed E-state index contributed by atoms with van der Waals surface area (Å²) < 4.78 is 0. The fourth-order valence-electron chi connectivity index (χ4n) is 1.63. The van der Waals surface area contributed by atoms with Gasteiger partial charge in [-0.15, -0.1) is 6.42 Å². The third kappa shape index (κ3) is 2.66. The lowest BCUT2D eigenvalue weighted by Gasteiger charge is -2.07. The van der Waals surface area contributed by atoms with Gasteiger partial charge in [0.1, 0.15) is 5.82 Å². The summed E-state index contributed by atoms with van der Waals surface area (Å²) in [7, 11) is 0. The Hall–Kier alpha value is -2.78. The minimum absolute atomic E-state index is 0.582. The van der Waals surface area contributed by atoms with E-state index in [1.165, 1.54) is 0 Å². The van der Waals surface area contributed by atoms with Gasteiger partial charge in [0.05, 0.1) is 11.6 Å². The van der Waals surface area contributed by atoms with Gasteiger partial charge in [-0.2, -0.15) is 5.26 Å². The molecule has 0 amide bonds. The van der Waals surface area contributed by atoms with Crippen LogP contribution in [0.25, 0.3) is 0 Å². The number of nitrogens with one attached hydrogen (secondary N) is 1. The Morgan fingerprint density at radius 2 is 2.06 bits per heavy atom. The number of rotatable bonds is 2. The Balaban J connectivity index is 2.31. The molecule has 2 aromatic rings. The summed E-state index contributed by atoms with van der Waals surface area (Å²) in [4.78, 5) is 4.32. The van der Waals surface area contributed by atoms with Gasteiger partial charge >= 0.3 is 0 Å². The van der Waals surface area contributed by atoms with Crippen LogP contribution < -0.4 is 5.32 Å². The molecule has 3 nitrogen and oxygen atoms in total. The maximum atomic E-state index is 8.90. The molecular weight excluding hydrogens is 222 g/mol. The summed E-state index contributed by atoms with van der Waals surface area (Å²) in [6.45, 7) is 1.85. The van der Waals surface area contributed by atoms with Crippen molar-refractivity contribution in [3.8, 4) is 18.4 Å². The lowest BCUT2D eigenvalue weighted by Crippen LogP contribution is -1.96. The van der Waals surface area contributed by atoms with Gasteiger partial charge in [-0.25, -0.2) is 4.98 Å². The van der Waals surface area contributed by atoms with E-state index in [9.17, 15) is 0 Å². The van der Waals surface area contributed by atoms with Gasteiger partial charge in [-0.05, 0) is 37.3 Å². The number of aromatic nitrogens is 1. The molecule has 1 aromatic heterocycles. The van der Waals surface area contributed by atoms with Crippen LogP contribution in [-0.2, 0) is 0 Å². The molecule has 0 saturated heterocycles. The van der Waals surface area contributed by atoms with Crippen molar-refractivity contribution in [1.82, 2.24) is 4.98 Å². The number of nitrogens with zero attached hydrogens (tertiary/aromatic N) is 2. The summed E-state index contributed by atoms with van der Waals surface area (Å²) in [5.41, 5.74) is 3.03. The highest BCUT2D eigenvalue weighted by Crippen LogP contribution is 2.17. The van der Waals surface area contributed by atoms with Crippen LogP contribution in [0.2, 0.25) is 0 Å². The topological polar surface area (TPSA) is 48.7 Å². The Morgan fingerprint density at radius 3 is 2.78 bits per heavy atom. The predicted octanol–water partition coefficient (Wildman–Crippen LogP) is 2.99. The number of hydrogen-bond donors (Lipinski definition) is 1. The molecule has 1 heterocycles. The van der Waals surface area contributed by atoms with Crippen molar-refractivity contribution < 1.29 is 0 Å². The highest BCUT2D eigenvalue weighted by atomic mass is 15.0. The molecule has 3 heteroatoms. The Bertz CT molecular complexity index is 660. The number of aryl methyl sites for hydroxylation is 1. The molecule has 0 bridgehead atoms. The van der Waals surface area contributed by atoms with Gasteiger partial charge in [0.2, 0.25) is 0 Å². The third-order valence-corrected chi connectivity index (χ3v) is 2.38. The highest BCUT2D eigenvalue weighted by Gasteiger charge is 2.01. The Labute approximate surface area is 106 Å². The number of benzene rings is 1. The summed E-state index contributed by atoms with van der Waals surface area (Å²) in [5.74, 6) is 3.21. The molecule has 0 spiro atoms. The zero-order chi connectivity index (χ0) is 13.0. The van der Waals surface area contributed by atoms with Crippen molar-refractivity contribution in [2.24, 2.45) is 0 Å². The SMILES string of the molecule is C#Cc1cccc(Nc2cc(C#N)cc(C)n2)c1. The van der Waals surface area contributed by atoms with Gasteiger partial charge in [0.25, 0.3) is 0 Å². The first-order valence-electron chi connectivity index (χ1n) is 5.44. The zero-order valence-electron chi connectivity index (χ0n) is 9.94. The maximum Gasteiger partial charge on any atom is 0.131 e. The van der Waals surface area contributed by atoms with Crippen LogP contribution in [0, 0.1) is 30.6 Å². The zero-order valence-corrected chi connectivity index (χ0v) is 9.94. The average Bonchev–Trinajstić information content (AvgIpc) is 2.38. The van der Waals surface area contributed by atoms with Crippen LogP contribution in [0.3, 0.4) is 0 Å². The Kier molecular flexibility index (Phi) is 3.27. The second-order valence-electron chi connectivity index (χ2n) is 3.84. The van der Waals surface area contributed by atoms with Crippen LogP contribution in [0.1, 0.15) is 16.8 Å². The van der Waals surface area contributed by atoms with Crippen LogP contribution in [0.5, 0.6) is 0 Å². The van der Waals surface area contributed by atoms with Crippen molar-refractivity contribution in [3.05, 3.63) is 53.2 Å². The fourth-order valence-corrected chi connectivity index (χ4v) is 1.63. The second-order valence-corrected chi connectivity index (χ2v) is 3.84. The lowest BCUT2D eigenvalue weighted by molar-refractivity contribution is 1.19. The van der Waals surface area contributed by atoms with Crippen molar-refractivity contribution in [2.45, 2.75) is 6.92 Å². The van der Waals surface area contributed by atoms with Crippen LogP contribution in [-0.4, -0.2) is 4.98 Å². The number of hydrogen-bond acceptors (Lipinski definition) is 3. The van der Waals surface area contributed by atoms with Gasteiger partial charge in [0, 0.05) is 16.9 Å². The van der Waals surface area contributed by atoms with E-state index >= 15 is 0 Å². The fraction of sp³-hybridized carbons (Fsp3) is 0.0667. The van der Waals surface area contributed by atoms with Gasteiger partial charge < -0.3 is 5.32 Å². The first-order valence-corrected chi connectivity index (χ1v) is 5.44. The van der Waals surface area contributed by atoms with E-state index in [1.807, 2.05) is 31.2 Å². The number of pyridine rings is 1. The van der Waals surface area contributed by atoms with Crippen molar-refractivity contribution in [3.63, 3.8) is 0 Å². The highest BCUT2D eigenvalue weighted by molar-refractivity contribution is 5.60. The maximum absolute atomic E-state index is 8.90. The minimum atomic E-state index is 0.582. The first-order chi connectivity index (χ1) is 8.71. The monoisotopic (exact) mass is 233 g/mol. The largest absolute Gasteiger partial charge is 0.340 e. The molecule has 0 aliphatic rings. The molecule has 2 rings (SSSR count). The minimum Gasteiger partial charge on any atom is -0.340 e. The van der Waals surface area contributed by atoms with Crippen molar-refractivity contribution in [2.75, 3.05) is 5.32 Å². The molecule has 18 heavy (non-hydrogen) atoms. The summed E-state index contributed by atoms with van der Waals surface area (Å²) in [6.07, 6.45) is 5.35. The molecule has 0 fully saturated rings. The molecule has 0 aliphatic carbocycles. The lowest BCUT2D eigenvalue weighted by atomic mass is 10.2. The molecule has 0 radical (unpaired) electrons. The summed E-state index contributed by atoms with van der Waals surface area (Å²) >= 11 is 0. The normalized spacial score (nSPS) is 9.28. The van der Waals surface area contributed by atoms with E-state index in [2.05, 4.69) is 22.3 Å². The van der Waals surface area contributed by atoms with E-state index < -0.39 is 0 Å². The van der Waals surface area contributed by atoms with E-state index in [0.717, 1.165) is 16.9 Å². The quantitative estimate of drug-likeness (QED) is 0.811. The van der Waals surface area contributed by atoms with Crippen LogP contribution in [0.4, 0.5) is 11.5 Å². The number of anilines is 2. The number of terminal acetylenes is 1. The van der Waals surface area contributed by atoms with E-state index in [1.54, 1.807) is 12.1 Å². The molecular formula is C15H11N3. The molecule has 0 saturated carbocycles.